The van der Waals surface area contributed by atoms with Crippen molar-refractivity contribution in [1.29, 1.82) is 0 Å². The van der Waals surface area contributed by atoms with E-state index >= 15 is 0 Å². The van der Waals surface area contributed by atoms with E-state index < -0.39 is 0 Å². The summed E-state index contributed by atoms with van der Waals surface area (Å²) in [6, 6.07) is 22.6. The van der Waals surface area contributed by atoms with Crippen LogP contribution in [0.2, 0.25) is 0 Å². The fraction of sp³-hybridized carbons (Fsp3) is 0.353. The van der Waals surface area contributed by atoms with Crippen LogP contribution in [-0.2, 0) is 24.9 Å². The molecule has 2 heterocycles. The van der Waals surface area contributed by atoms with Crippen molar-refractivity contribution in [3.63, 3.8) is 0 Å². The van der Waals surface area contributed by atoms with Gasteiger partial charge in [-0.3, -0.25) is 9.78 Å². The van der Waals surface area contributed by atoms with E-state index in [1.54, 1.807) is 0 Å². The van der Waals surface area contributed by atoms with Crippen molar-refractivity contribution in [2.24, 2.45) is 10.8 Å². The van der Waals surface area contributed by atoms with E-state index in [0.717, 1.165) is 42.1 Å². The number of benzene rings is 3. The zero-order valence-electron chi connectivity index (χ0n) is 23.8. The molecule has 0 amide bonds. The zero-order chi connectivity index (χ0) is 27.5. The first-order chi connectivity index (χ1) is 18.2. The fourth-order valence-electron chi connectivity index (χ4n) is 4.83. The maximum Gasteiger partial charge on any atom is 0.164 e. The van der Waals surface area contributed by atoms with E-state index in [1.165, 1.54) is 27.8 Å². The number of para-hydroxylation sites is 1. The maximum atomic E-state index is 12.2. The Labute approximate surface area is 245 Å². The summed E-state index contributed by atoms with van der Waals surface area (Å²) in [6.45, 7) is 12.1. The molecule has 207 valence electrons. The van der Waals surface area contributed by atoms with Gasteiger partial charge in [0.25, 0.3) is 0 Å². The number of carbonyl (C=O) groups excluding carboxylic acids is 1. The Balaban J connectivity index is 0.000000217. The van der Waals surface area contributed by atoms with Crippen LogP contribution in [0.15, 0.2) is 78.8 Å². The third kappa shape index (κ3) is 5.81. The Kier molecular flexibility index (Phi) is 9.74. The number of nitrogens with zero attached hydrogens (tertiary/aromatic N) is 2. The van der Waals surface area contributed by atoms with Crippen LogP contribution in [0, 0.1) is 16.9 Å². The van der Waals surface area contributed by atoms with Crippen molar-refractivity contribution in [2.75, 3.05) is 0 Å². The third-order valence-corrected chi connectivity index (χ3v) is 8.71. The summed E-state index contributed by atoms with van der Waals surface area (Å²) in [6.07, 6.45) is 8.62. The first-order valence-electron chi connectivity index (χ1n) is 13.8. The summed E-state index contributed by atoms with van der Waals surface area (Å²) < 4.78 is 2.14. The van der Waals surface area contributed by atoms with Gasteiger partial charge in [-0.15, -0.1) is 23.6 Å². The summed E-state index contributed by atoms with van der Waals surface area (Å²) in [5.41, 5.74) is 1.55. The van der Waals surface area contributed by atoms with Crippen molar-refractivity contribution >= 4 is 43.9 Å². The van der Waals surface area contributed by atoms with Gasteiger partial charge in [-0.25, -0.2) is 0 Å². The Morgan fingerprint density at radius 1 is 0.923 bits per heavy atom. The molecule has 5 rings (SSSR count). The molecule has 39 heavy (non-hydrogen) atoms. The van der Waals surface area contributed by atoms with Gasteiger partial charge in [0.1, 0.15) is 5.76 Å². The first-order valence-corrected chi connectivity index (χ1v) is 13.8. The molecule has 4 nitrogen and oxygen atoms in total. The topological polar surface area (TPSA) is 54.6 Å². The second-order valence-corrected chi connectivity index (χ2v) is 10.7. The van der Waals surface area contributed by atoms with Gasteiger partial charge in [-0.2, -0.15) is 0 Å². The Morgan fingerprint density at radius 2 is 1.54 bits per heavy atom. The molecule has 0 aliphatic carbocycles. The Hall–Kier alpha value is -3.01. The van der Waals surface area contributed by atoms with Crippen LogP contribution in [0.25, 0.3) is 38.1 Å². The van der Waals surface area contributed by atoms with Gasteiger partial charge >= 0.3 is 0 Å². The zero-order valence-corrected chi connectivity index (χ0v) is 26.2. The number of imidazole rings is 1. The van der Waals surface area contributed by atoms with E-state index in [2.05, 4.69) is 70.0 Å². The second-order valence-electron chi connectivity index (χ2n) is 10.7. The minimum absolute atomic E-state index is 0. The van der Waals surface area contributed by atoms with E-state index in [1.807, 2.05) is 53.9 Å². The first kappa shape index (κ1) is 30.5. The molecular formula is C34H39IrN2O2-. The van der Waals surface area contributed by atoms with Crippen molar-refractivity contribution in [3.05, 3.63) is 84.9 Å². The van der Waals surface area contributed by atoms with Gasteiger partial charge in [-0.05, 0) is 37.1 Å². The number of aliphatic hydroxyl groups is 1. The average Bonchev–Trinajstić information content (AvgIpc) is 3.46. The minimum atomic E-state index is -0.337. The largest absolute Gasteiger partial charge is 0.512 e. The second kappa shape index (κ2) is 12.4. The number of rotatable bonds is 7. The molecule has 0 spiro atoms. The monoisotopic (exact) mass is 700 g/mol. The van der Waals surface area contributed by atoms with Gasteiger partial charge in [0.05, 0.1) is 5.65 Å². The van der Waals surface area contributed by atoms with Crippen molar-refractivity contribution in [3.8, 4) is 0 Å². The van der Waals surface area contributed by atoms with Gasteiger partial charge < -0.3 is 9.51 Å². The number of fused-ring (bicyclic) bond motifs is 7. The van der Waals surface area contributed by atoms with Crippen LogP contribution in [0.5, 0.6) is 0 Å². The van der Waals surface area contributed by atoms with Crippen LogP contribution in [0.4, 0.5) is 0 Å². The molecule has 0 saturated heterocycles. The number of carbonyl (C=O) groups is 1. The van der Waals surface area contributed by atoms with Crippen LogP contribution < -0.4 is 0 Å². The number of aromatic nitrogens is 2. The number of hydrogen-bond acceptors (Lipinski definition) is 3. The van der Waals surface area contributed by atoms with Crippen molar-refractivity contribution in [1.82, 2.24) is 9.38 Å². The number of aliphatic hydroxyl groups excluding tert-OH is 1. The molecule has 1 N–H and O–H groups in total. The van der Waals surface area contributed by atoms with Crippen LogP contribution in [0.1, 0.15) is 67.2 Å². The smallest absolute Gasteiger partial charge is 0.164 e. The maximum absolute atomic E-state index is 12.2. The molecule has 3 aromatic carbocycles. The molecule has 0 fully saturated rings. The molecule has 0 aliphatic heterocycles. The van der Waals surface area contributed by atoms with E-state index in [0.29, 0.717) is 0 Å². The quantitative estimate of drug-likeness (QED) is 0.0606. The van der Waals surface area contributed by atoms with Gasteiger partial charge in [-0.1, -0.05) is 94.1 Å². The van der Waals surface area contributed by atoms with E-state index in [9.17, 15) is 9.90 Å². The normalized spacial score (nSPS) is 12.4. The molecule has 0 saturated carbocycles. The molecule has 1 radical (unpaired) electrons. The van der Waals surface area contributed by atoms with Gasteiger partial charge in [0.2, 0.25) is 0 Å². The predicted octanol–water partition coefficient (Wildman–Crippen LogP) is 9.24. The Morgan fingerprint density at radius 3 is 2.21 bits per heavy atom. The SMILES string of the molecule is CCC(C)(CC)C(=O)/C=C(\O)C(C)(CC)CC.[Ir].[c-]1c2ccccc2cc2c1c1nccn1c1ccccc21. The number of ketones is 1. The Bertz CT molecular complexity index is 1620. The van der Waals surface area contributed by atoms with Gasteiger partial charge in [0.15, 0.2) is 5.78 Å². The number of pyridine rings is 1. The minimum Gasteiger partial charge on any atom is -0.512 e. The summed E-state index contributed by atoms with van der Waals surface area (Å²) in [5.74, 6) is 0.286. The molecule has 0 aliphatic rings. The molecule has 2 aromatic heterocycles. The van der Waals surface area contributed by atoms with Crippen LogP contribution in [0.3, 0.4) is 0 Å². The summed E-state index contributed by atoms with van der Waals surface area (Å²) in [7, 11) is 0. The van der Waals surface area contributed by atoms with E-state index in [4.69, 9.17) is 0 Å². The molecule has 0 bridgehead atoms. The summed E-state index contributed by atoms with van der Waals surface area (Å²) in [4.78, 5) is 16.7. The van der Waals surface area contributed by atoms with Crippen LogP contribution >= 0.6 is 0 Å². The van der Waals surface area contributed by atoms with Crippen molar-refractivity contribution < 1.29 is 30.0 Å². The average molecular weight is 700 g/mol. The standard InChI is InChI=1S/C19H11N2.C15H28O2.Ir/c1-2-6-14-12-17-16(11-13(14)5-1)15-7-3-4-8-18(15)21-10-9-20-19(17)21;1-7-14(5,8-2)12(16)11-13(17)15(6,9-3)10-4;/h1-11H;11,16H,7-10H2,1-6H3;/q-1;;/b;12-11-;. The predicted molar refractivity (Wildman–Crippen MR) is 160 cm³/mol. The number of allylic oxidation sites excluding steroid dienone is 2. The van der Waals surface area contributed by atoms with Crippen molar-refractivity contribution in [2.45, 2.75) is 67.2 Å². The fourth-order valence-corrected chi connectivity index (χ4v) is 4.83. The van der Waals surface area contributed by atoms with Crippen LogP contribution in [-0.4, -0.2) is 20.3 Å². The summed E-state index contributed by atoms with van der Waals surface area (Å²) >= 11 is 0. The molecular weight excluding hydrogens is 661 g/mol. The molecule has 5 heteroatoms. The summed E-state index contributed by atoms with van der Waals surface area (Å²) in [5, 5.41) is 16.0. The third-order valence-electron chi connectivity index (χ3n) is 8.71. The molecule has 5 aromatic rings. The van der Waals surface area contributed by atoms with E-state index in [-0.39, 0.29) is 42.5 Å². The van der Waals surface area contributed by atoms with Gasteiger partial charge in [0, 0.05) is 54.9 Å². The molecule has 0 atom stereocenters. The molecule has 0 unspecified atom stereocenters. The number of hydrogen-bond donors (Lipinski definition) is 1.